The van der Waals surface area contributed by atoms with Crippen LogP contribution in [0.1, 0.15) is 6.92 Å². The zero-order valence-corrected chi connectivity index (χ0v) is 9.72. The van der Waals surface area contributed by atoms with E-state index in [0.29, 0.717) is 19.6 Å². The minimum absolute atomic E-state index is 0.0759. The van der Waals surface area contributed by atoms with Gasteiger partial charge >= 0.3 is 0 Å². The third-order valence-electron chi connectivity index (χ3n) is 2.13. The van der Waals surface area contributed by atoms with Crippen molar-refractivity contribution in [1.82, 2.24) is 5.32 Å². The molecule has 0 spiro atoms. The van der Waals surface area contributed by atoms with Crippen LogP contribution in [-0.2, 0) is 0 Å². The smallest absolute Gasteiger partial charge is 0.271 e. The van der Waals surface area contributed by atoms with E-state index in [1.54, 1.807) is 19.1 Å². The molecule has 1 rings (SSSR count). The number of rotatable bonds is 7. The highest BCUT2D eigenvalue weighted by molar-refractivity contribution is 5.50. The van der Waals surface area contributed by atoms with Gasteiger partial charge in [-0.25, -0.2) is 0 Å². The molecule has 0 heterocycles. The number of nitrogens with zero attached hydrogens (tertiary/aromatic N) is 1. The summed E-state index contributed by atoms with van der Waals surface area (Å²) < 4.78 is 0. The van der Waals surface area contributed by atoms with E-state index in [0.717, 1.165) is 5.69 Å². The molecule has 17 heavy (non-hydrogen) atoms. The molecule has 0 fully saturated rings. The molecule has 6 nitrogen and oxygen atoms in total. The Morgan fingerprint density at radius 1 is 1.47 bits per heavy atom. The molecule has 3 N–H and O–H groups in total. The largest absolute Gasteiger partial charge is 0.392 e. The molecule has 0 aliphatic heterocycles. The highest BCUT2D eigenvalue weighted by Crippen LogP contribution is 2.16. The molecular formula is C11H17N3O3. The van der Waals surface area contributed by atoms with Crippen LogP contribution in [0.5, 0.6) is 0 Å². The van der Waals surface area contributed by atoms with Gasteiger partial charge in [-0.05, 0) is 13.0 Å². The van der Waals surface area contributed by atoms with Crippen molar-refractivity contribution in [2.45, 2.75) is 13.0 Å². The van der Waals surface area contributed by atoms with E-state index in [1.807, 2.05) is 0 Å². The number of aliphatic hydroxyl groups is 1. The van der Waals surface area contributed by atoms with Gasteiger partial charge in [-0.1, -0.05) is 6.07 Å². The third kappa shape index (κ3) is 5.28. The average molecular weight is 239 g/mol. The van der Waals surface area contributed by atoms with Crippen molar-refractivity contribution in [3.8, 4) is 0 Å². The van der Waals surface area contributed by atoms with Crippen molar-refractivity contribution < 1.29 is 10.0 Å². The Bertz CT molecular complexity index is 369. The van der Waals surface area contributed by atoms with E-state index in [4.69, 9.17) is 5.11 Å². The van der Waals surface area contributed by atoms with Gasteiger partial charge in [-0.3, -0.25) is 10.1 Å². The third-order valence-corrected chi connectivity index (χ3v) is 2.13. The molecule has 0 aliphatic carbocycles. The van der Waals surface area contributed by atoms with E-state index in [9.17, 15) is 10.1 Å². The summed E-state index contributed by atoms with van der Waals surface area (Å²) in [4.78, 5) is 10.1. The number of hydrogen-bond donors (Lipinski definition) is 3. The number of nitrogens with one attached hydrogen (secondary N) is 2. The number of anilines is 1. The van der Waals surface area contributed by atoms with Gasteiger partial charge in [0.05, 0.1) is 11.0 Å². The van der Waals surface area contributed by atoms with Crippen LogP contribution in [0.15, 0.2) is 24.3 Å². The van der Waals surface area contributed by atoms with Crippen molar-refractivity contribution in [2.75, 3.05) is 25.0 Å². The molecule has 0 saturated carbocycles. The van der Waals surface area contributed by atoms with Crippen LogP contribution in [0.25, 0.3) is 0 Å². The lowest BCUT2D eigenvalue weighted by atomic mass is 10.3. The summed E-state index contributed by atoms with van der Waals surface area (Å²) >= 11 is 0. The Balaban J connectivity index is 2.31. The maximum Gasteiger partial charge on any atom is 0.271 e. The molecule has 94 valence electrons. The zero-order chi connectivity index (χ0) is 12.7. The Morgan fingerprint density at radius 2 is 2.24 bits per heavy atom. The van der Waals surface area contributed by atoms with E-state index in [2.05, 4.69) is 10.6 Å². The van der Waals surface area contributed by atoms with E-state index < -0.39 is 4.92 Å². The van der Waals surface area contributed by atoms with E-state index >= 15 is 0 Å². The molecule has 6 heteroatoms. The zero-order valence-electron chi connectivity index (χ0n) is 9.72. The molecule has 1 aromatic carbocycles. The number of aliphatic hydroxyl groups excluding tert-OH is 1. The molecule has 0 saturated heterocycles. The predicted octanol–water partition coefficient (Wildman–Crippen LogP) is 0.977. The second-order valence-corrected chi connectivity index (χ2v) is 3.79. The van der Waals surface area contributed by atoms with Gasteiger partial charge in [0.2, 0.25) is 0 Å². The second-order valence-electron chi connectivity index (χ2n) is 3.79. The summed E-state index contributed by atoms with van der Waals surface area (Å²) in [6.45, 7) is 3.58. The number of nitro benzene ring substituents is 1. The highest BCUT2D eigenvalue weighted by Gasteiger charge is 2.04. The van der Waals surface area contributed by atoms with Gasteiger partial charge in [-0.15, -0.1) is 0 Å². The Labute approximate surface area is 99.8 Å². The number of non-ortho nitro benzene ring substituents is 1. The maximum absolute atomic E-state index is 10.5. The lowest BCUT2D eigenvalue weighted by Crippen LogP contribution is -2.28. The molecule has 0 radical (unpaired) electrons. The minimum atomic E-state index is -0.420. The van der Waals surface area contributed by atoms with Crippen LogP contribution >= 0.6 is 0 Å². The van der Waals surface area contributed by atoms with E-state index in [-0.39, 0.29) is 11.8 Å². The lowest BCUT2D eigenvalue weighted by molar-refractivity contribution is -0.384. The predicted molar refractivity (Wildman–Crippen MR) is 66.1 cm³/mol. The van der Waals surface area contributed by atoms with Crippen LogP contribution < -0.4 is 10.6 Å². The summed E-state index contributed by atoms with van der Waals surface area (Å²) in [5.41, 5.74) is 0.796. The van der Waals surface area contributed by atoms with Gasteiger partial charge in [-0.2, -0.15) is 0 Å². The van der Waals surface area contributed by atoms with Gasteiger partial charge in [0.25, 0.3) is 5.69 Å². The fourth-order valence-electron chi connectivity index (χ4n) is 1.34. The first kappa shape index (κ1) is 13.4. The quantitative estimate of drug-likeness (QED) is 0.375. The van der Waals surface area contributed by atoms with Crippen LogP contribution in [0.2, 0.25) is 0 Å². The molecule has 0 amide bonds. The first-order valence-corrected chi connectivity index (χ1v) is 5.46. The average Bonchev–Trinajstić information content (AvgIpc) is 2.28. The van der Waals surface area contributed by atoms with Crippen LogP contribution in [0.3, 0.4) is 0 Å². The summed E-state index contributed by atoms with van der Waals surface area (Å²) in [7, 11) is 0. The van der Waals surface area contributed by atoms with Crippen molar-refractivity contribution in [2.24, 2.45) is 0 Å². The fourth-order valence-corrected chi connectivity index (χ4v) is 1.34. The van der Waals surface area contributed by atoms with Gasteiger partial charge < -0.3 is 15.7 Å². The topological polar surface area (TPSA) is 87.4 Å². The fraction of sp³-hybridized carbons (Fsp3) is 0.455. The Hall–Kier alpha value is -1.66. The number of hydrogen-bond acceptors (Lipinski definition) is 5. The Kier molecular flexibility index (Phi) is 5.38. The molecular weight excluding hydrogens is 222 g/mol. The summed E-state index contributed by atoms with van der Waals surface area (Å²) in [6, 6.07) is 6.37. The van der Waals surface area contributed by atoms with Gasteiger partial charge in [0.15, 0.2) is 0 Å². The molecule has 0 aromatic heterocycles. The first-order valence-electron chi connectivity index (χ1n) is 5.46. The summed E-state index contributed by atoms with van der Waals surface area (Å²) in [5.74, 6) is 0. The Morgan fingerprint density at radius 3 is 2.88 bits per heavy atom. The monoisotopic (exact) mass is 239 g/mol. The van der Waals surface area contributed by atoms with Crippen molar-refractivity contribution in [3.63, 3.8) is 0 Å². The second kappa shape index (κ2) is 6.82. The van der Waals surface area contributed by atoms with Crippen molar-refractivity contribution in [1.29, 1.82) is 0 Å². The minimum Gasteiger partial charge on any atom is -0.392 e. The first-order chi connectivity index (χ1) is 8.09. The normalized spacial score (nSPS) is 12.1. The number of nitro groups is 1. The van der Waals surface area contributed by atoms with Crippen LogP contribution in [0.4, 0.5) is 11.4 Å². The summed E-state index contributed by atoms with van der Waals surface area (Å²) in [5, 5.41) is 25.7. The molecule has 1 atom stereocenters. The standard InChI is InChI=1S/C11H17N3O3/c1-9(15)8-12-5-6-13-10-3-2-4-11(7-10)14(16)17/h2-4,7,9,12-13,15H,5-6,8H2,1H3. The molecule has 1 aromatic rings. The summed E-state index contributed by atoms with van der Waals surface area (Å²) in [6.07, 6.45) is -0.368. The van der Waals surface area contributed by atoms with Gasteiger partial charge in [0.1, 0.15) is 0 Å². The van der Waals surface area contributed by atoms with Crippen LogP contribution in [0, 0.1) is 10.1 Å². The highest BCUT2D eigenvalue weighted by atomic mass is 16.6. The molecule has 0 aliphatic rings. The van der Waals surface area contributed by atoms with Gasteiger partial charge in [0, 0.05) is 37.5 Å². The molecule has 1 unspecified atom stereocenters. The lowest BCUT2D eigenvalue weighted by Gasteiger charge is -2.08. The SMILES string of the molecule is CC(O)CNCCNc1cccc([N+](=O)[O-])c1. The van der Waals surface area contributed by atoms with Crippen molar-refractivity contribution in [3.05, 3.63) is 34.4 Å². The molecule has 0 bridgehead atoms. The van der Waals surface area contributed by atoms with Crippen molar-refractivity contribution >= 4 is 11.4 Å². The van der Waals surface area contributed by atoms with Crippen LogP contribution in [-0.4, -0.2) is 35.8 Å². The van der Waals surface area contributed by atoms with E-state index in [1.165, 1.54) is 12.1 Å². The maximum atomic E-state index is 10.5. The number of benzene rings is 1.